The van der Waals surface area contributed by atoms with Crippen LogP contribution in [0.3, 0.4) is 0 Å². The van der Waals surface area contributed by atoms with E-state index in [4.69, 9.17) is 26.4 Å². The van der Waals surface area contributed by atoms with E-state index in [0.29, 0.717) is 6.61 Å². The summed E-state index contributed by atoms with van der Waals surface area (Å²) in [5.74, 6) is 0. The lowest BCUT2D eigenvalue weighted by Crippen LogP contribution is -2.40. The molecule has 0 N–H and O–H groups in total. The Morgan fingerprint density at radius 1 is 0.353 bits per heavy atom. The number of rotatable bonds is 45. The summed E-state index contributed by atoms with van der Waals surface area (Å²) in [6.45, 7) is 11.9. The van der Waals surface area contributed by atoms with E-state index in [-0.39, 0.29) is 12.2 Å². The van der Waals surface area contributed by atoms with E-state index in [9.17, 15) is 0 Å². The molecule has 0 radical (unpaired) electrons. The molecule has 0 amide bonds. The third-order valence-corrected chi connectivity index (χ3v) is 11.0. The maximum atomic E-state index is 6.50. The summed E-state index contributed by atoms with van der Waals surface area (Å²) in [5.41, 5.74) is 0. The first-order valence-corrected chi connectivity index (χ1v) is 23.9. The molecule has 0 saturated heterocycles. The van der Waals surface area contributed by atoms with Gasteiger partial charge in [0.1, 0.15) is 12.2 Å². The second-order valence-corrected chi connectivity index (χ2v) is 16.7. The molecule has 0 spiro atoms. The highest BCUT2D eigenvalue weighted by molar-refractivity contribution is 7.80. The van der Waals surface area contributed by atoms with Crippen molar-refractivity contribution in [3.05, 3.63) is 0 Å². The molecule has 0 heterocycles. The third-order valence-electron chi connectivity index (χ3n) is 10.8. The van der Waals surface area contributed by atoms with Crippen molar-refractivity contribution in [2.75, 3.05) is 26.4 Å². The molecule has 4 heteroatoms. The van der Waals surface area contributed by atoms with Crippen LogP contribution in [0.15, 0.2) is 0 Å². The van der Waals surface area contributed by atoms with Gasteiger partial charge in [-0.05, 0) is 26.2 Å². The molecule has 0 aromatic carbocycles. The molecule has 0 aliphatic rings. The number of ether oxygens (including phenoxy) is 3. The summed E-state index contributed by atoms with van der Waals surface area (Å²) in [5, 5.41) is 0. The predicted molar refractivity (Wildman–Crippen MR) is 232 cm³/mol. The van der Waals surface area contributed by atoms with Crippen LogP contribution in [0.25, 0.3) is 0 Å². The van der Waals surface area contributed by atoms with Crippen molar-refractivity contribution in [2.45, 2.75) is 271 Å². The lowest BCUT2D eigenvalue weighted by molar-refractivity contribution is -0.0813. The summed E-state index contributed by atoms with van der Waals surface area (Å²) in [7, 11) is 0. The average Bonchev–Trinajstić information content (AvgIpc) is 3.13. The van der Waals surface area contributed by atoms with E-state index >= 15 is 0 Å². The van der Waals surface area contributed by atoms with Crippen molar-refractivity contribution in [3.8, 4) is 0 Å². The first kappa shape index (κ1) is 51.0. The van der Waals surface area contributed by atoms with Crippen molar-refractivity contribution in [3.63, 3.8) is 0 Å². The molecule has 0 rings (SSSR count). The minimum Gasteiger partial charge on any atom is -0.379 e. The zero-order valence-corrected chi connectivity index (χ0v) is 36.4. The molecule has 0 saturated carbocycles. The Hall–Kier alpha value is -0.0300. The Morgan fingerprint density at radius 2 is 0.608 bits per heavy atom. The fourth-order valence-corrected chi connectivity index (χ4v) is 7.50. The van der Waals surface area contributed by atoms with E-state index in [2.05, 4.69) is 20.8 Å². The fourth-order valence-electron chi connectivity index (χ4n) is 7.29. The lowest BCUT2D eigenvalue weighted by atomic mass is 10.1. The van der Waals surface area contributed by atoms with Gasteiger partial charge < -0.3 is 14.2 Å². The van der Waals surface area contributed by atoms with Crippen LogP contribution in [0.5, 0.6) is 0 Å². The van der Waals surface area contributed by atoms with Crippen LogP contribution in [0.2, 0.25) is 0 Å². The van der Waals surface area contributed by atoms with Gasteiger partial charge in [0.05, 0.1) is 6.61 Å². The zero-order valence-electron chi connectivity index (χ0n) is 35.6. The van der Waals surface area contributed by atoms with Crippen LogP contribution in [-0.4, -0.2) is 43.5 Å². The van der Waals surface area contributed by atoms with Gasteiger partial charge in [-0.1, -0.05) is 245 Å². The van der Waals surface area contributed by atoms with Crippen molar-refractivity contribution in [2.24, 2.45) is 0 Å². The number of unbranched alkanes of at least 4 members (excludes halogenated alkanes) is 33. The van der Waals surface area contributed by atoms with E-state index in [1.165, 1.54) is 212 Å². The van der Waals surface area contributed by atoms with Crippen LogP contribution >= 0.6 is 12.2 Å². The summed E-state index contributed by atoms with van der Waals surface area (Å²) in [6.07, 6.45) is 48.8. The molecule has 51 heavy (non-hydrogen) atoms. The molecular formula is C47H94O3S. The molecule has 0 aromatic heterocycles. The first-order chi connectivity index (χ1) is 25.2. The van der Waals surface area contributed by atoms with Crippen molar-refractivity contribution in [1.29, 1.82) is 0 Å². The van der Waals surface area contributed by atoms with Gasteiger partial charge in [-0.3, -0.25) is 0 Å². The lowest BCUT2D eigenvalue weighted by Gasteiger charge is -2.27. The highest BCUT2D eigenvalue weighted by Gasteiger charge is 2.25. The normalized spacial score (nSPS) is 12.9. The van der Waals surface area contributed by atoms with Crippen molar-refractivity contribution < 1.29 is 14.2 Å². The van der Waals surface area contributed by atoms with Crippen LogP contribution < -0.4 is 0 Å². The second kappa shape index (κ2) is 44.4. The Morgan fingerprint density at radius 3 is 0.902 bits per heavy atom. The average molecular weight is 739 g/mol. The SMILES string of the molecule is CCCCCCCCCCCCCCOC[C@H](OCCCCCCCCCCCCCC)C(OCCCCCCCCCCCCCC)C(C)=S. The summed E-state index contributed by atoms with van der Waals surface area (Å²) in [4.78, 5) is 0.905. The summed E-state index contributed by atoms with van der Waals surface area (Å²) in [6, 6.07) is 0. The van der Waals surface area contributed by atoms with Gasteiger partial charge in [0.2, 0.25) is 0 Å². The maximum absolute atomic E-state index is 6.50. The molecule has 0 fully saturated rings. The molecule has 1 unspecified atom stereocenters. The smallest absolute Gasteiger partial charge is 0.117 e. The van der Waals surface area contributed by atoms with Crippen LogP contribution in [-0.2, 0) is 14.2 Å². The highest BCUT2D eigenvalue weighted by Crippen LogP contribution is 2.17. The van der Waals surface area contributed by atoms with Crippen LogP contribution in [0.1, 0.15) is 259 Å². The predicted octanol–water partition coefficient (Wildman–Crippen LogP) is 16.3. The van der Waals surface area contributed by atoms with Crippen LogP contribution in [0, 0.1) is 0 Å². The standard InChI is InChI=1S/C47H94O3S/c1-5-8-11-14-17-20-23-26-29-32-35-38-41-48-44-46(49-42-39-36-33-30-27-24-21-18-15-12-9-6-2)47(45(4)51)50-43-40-37-34-31-28-25-22-19-16-13-10-7-3/h46-47H,5-44H2,1-4H3/t46-,47?/m0/s1. The first-order valence-electron chi connectivity index (χ1n) is 23.5. The maximum Gasteiger partial charge on any atom is 0.117 e. The molecule has 3 nitrogen and oxygen atoms in total. The molecule has 0 bridgehead atoms. The molecule has 0 aliphatic heterocycles. The largest absolute Gasteiger partial charge is 0.379 e. The van der Waals surface area contributed by atoms with E-state index in [1.807, 2.05) is 6.92 Å². The van der Waals surface area contributed by atoms with Gasteiger partial charge in [0.15, 0.2) is 0 Å². The van der Waals surface area contributed by atoms with Crippen LogP contribution in [0.4, 0.5) is 0 Å². The van der Waals surface area contributed by atoms with Gasteiger partial charge in [0.25, 0.3) is 0 Å². The highest BCUT2D eigenvalue weighted by atomic mass is 32.1. The Labute approximate surface area is 327 Å². The third kappa shape index (κ3) is 39.5. The van der Waals surface area contributed by atoms with Gasteiger partial charge in [-0.2, -0.15) is 0 Å². The molecular weight excluding hydrogens is 645 g/mol. The van der Waals surface area contributed by atoms with Crippen molar-refractivity contribution in [1.82, 2.24) is 0 Å². The monoisotopic (exact) mass is 739 g/mol. The molecule has 0 aliphatic carbocycles. The van der Waals surface area contributed by atoms with Gasteiger partial charge in [-0.15, -0.1) is 0 Å². The van der Waals surface area contributed by atoms with Gasteiger partial charge in [0, 0.05) is 24.7 Å². The Kier molecular flexibility index (Phi) is 44.3. The molecule has 2 atom stereocenters. The molecule has 306 valence electrons. The van der Waals surface area contributed by atoms with Crippen molar-refractivity contribution >= 4 is 17.1 Å². The zero-order chi connectivity index (χ0) is 37.1. The fraction of sp³-hybridized carbons (Fsp3) is 0.979. The second-order valence-electron chi connectivity index (χ2n) is 16.1. The quantitative estimate of drug-likeness (QED) is 0.0459. The minimum atomic E-state index is -0.146. The van der Waals surface area contributed by atoms with E-state index in [0.717, 1.165) is 43.9 Å². The topological polar surface area (TPSA) is 27.7 Å². The number of hydrogen-bond donors (Lipinski definition) is 0. The summed E-state index contributed by atoms with van der Waals surface area (Å²) < 4.78 is 19.2. The van der Waals surface area contributed by atoms with E-state index < -0.39 is 0 Å². The van der Waals surface area contributed by atoms with Gasteiger partial charge in [-0.25, -0.2) is 0 Å². The summed E-state index contributed by atoms with van der Waals surface area (Å²) >= 11 is 5.73. The number of hydrogen-bond acceptors (Lipinski definition) is 4. The number of thiocarbonyl (C=S) groups is 1. The Balaban J connectivity index is 4.32. The van der Waals surface area contributed by atoms with E-state index in [1.54, 1.807) is 0 Å². The Bertz CT molecular complexity index is 655. The van der Waals surface area contributed by atoms with Gasteiger partial charge >= 0.3 is 0 Å². The minimum absolute atomic E-state index is 0.0927. The molecule has 0 aromatic rings.